The lowest BCUT2D eigenvalue weighted by molar-refractivity contribution is 0.102. The molecule has 0 fully saturated rings. The minimum absolute atomic E-state index is 0.0823. The molecule has 98 valence electrons. The summed E-state index contributed by atoms with van der Waals surface area (Å²) in [5.41, 5.74) is -0.408. The number of hydrogen-bond donors (Lipinski definition) is 3. The van der Waals surface area contributed by atoms with E-state index in [2.05, 4.69) is 5.32 Å². The summed E-state index contributed by atoms with van der Waals surface area (Å²) in [5.74, 6) is -3.68. The Morgan fingerprint density at radius 2 is 1.68 bits per heavy atom. The molecule has 19 heavy (non-hydrogen) atoms. The zero-order chi connectivity index (χ0) is 14.0. The molecule has 2 rings (SSSR count). The number of rotatable bonds is 2. The molecule has 0 saturated heterocycles. The van der Waals surface area contributed by atoms with Gasteiger partial charge in [0.15, 0.2) is 11.6 Å². The van der Waals surface area contributed by atoms with Crippen molar-refractivity contribution < 1.29 is 23.8 Å². The number of benzene rings is 2. The highest BCUT2D eigenvalue weighted by molar-refractivity contribution is 6.04. The van der Waals surface area contributed by atoms with Gasteiger partial charge in [0.25, 0.3) is 5.91 Å². The fourth-order valence-corrected chi connectivity index (χ4v) is 1.52. The third-order valence-corrected chi connectivity index (χ3v) is 2.36. The number of halogens is 2. The average Bonchev–Trinajstić information content (AvgIpc) is 2.33. The molecule has 0 bridgehead atoms. The van der Waals surface area contributed by atoms with Crippen LogP contribution in [0.2, 0.25) is 0 Å². The van der Waals surface area contributed by atoms with E-state index in [1.807, 2.05) is 0 Å². The van der Waals surface area contributed by atoms with Crippen molar-refractivity contribution in [3.63, 3.8) is 0 Å². The SMILES string of the molecule is O=C(Nc1cccc(F)c1F)c1cc(O)cc(O)c1. The van der Waals surface area contributed by atoms with Crippen molar-refractivity contribution in [2.45, 2.75) is 0 Å². The van der Waals surface area contributed by atoms with Gasteiger partial charge in [-0.15, -0.1) is 0 Å². The van der Waals surface area contributed by atoms with Gasteiger partial charge >= 0.3 is 0 Å². The van der Waals surface area contributed by atoms with Crippen LogP contribution in [0.3, 0.4) is 0 Å². The minimum atomic E-state index is -1.18. The van der Waals surface area contributed by atoms with Crippen LogP contribution in [0, 0.1) is 11.6 Å². The van der Waals surface area contributed by atoms with Crippen molar-refractivity contribution in [2.24, 2.45) is 0 Å². The van der Waals surface area contributed by atoms with Gasteiger partial charge in [-0.1, -0.05) is 6.07 Å². The third-order valence-electron chi connectivity index (χ3n) is 2.36. The molecule has 0 aliphatic heterocycles. The molecule has 0 saturated carbocycles. The smallest absolute Gasteiger partial charge is 0.256 e. The van der Waals surface area contributed by atoms with E-state index in [0.29, 0.717) is 0 Å². The van der Waals surface area contributed by atoms with Gasteiger partial charge < -0.3 is 15.5 Å². The summed E-state index contributed by atoms with van der Waals surface area (Å²) in [7, 11) is 0. The summed E-state index contributed by atoms with van der Waals surface area (Å²) in [6.45, 7) is 0. The lowest BCUT2D eigenvalue weighted by Gasteiger charge is -2.07. The quantitative estimate of drug-likeness (QED) is 0.781. The highest BCUT2D eigenvalue weighted by Crippen LogP contribution is 2.22. The van der Waals surface area contributed by atoms with Crippen LogP contribution in [-0.2, 0) is 0 Å². The fraction of sp³-hybridized carbons (Fsp3) is 0. The molecule has 0 heterocycles. The first-order chi connectivity index (χ1) is 8.97. The number of amides is 1. The largest absolute Gasteiger partial charge is 0.508 e. The Hall–Kier alpha value is -2.63. The van der Waals surface area contributed by atoms with Gasteiger partial charge in [0.1, 0.15) is 11.5 Å². The highest BCUT2D eigenvalue weighted by atomic mass is 19.2. The van der Waals surface area contributed by atoms with Crippen LogP contribution in [0.5, 0.6) is 11.5 Å². The molecule has 1 amide bonds. The number of nitrogens with one attached hydrogen (secondary N) is 1. The second-order valence-electron chi connectivity index (χ2n) is 3.79. The summed E-state index contributed by atoms with van der Waals surface area (Å²) in [6.07, 6.45) is 0. The molecule has 2 aromatic carbocycles. The Kier molecular flexibility index (Phi) is 3.33. The second-order valence-corrected chi connectivity index (χ2v) is 3.79. The molecule has 4 nitrogen and oxygen atoms in total. The van der Waals surface area contributed by atoms with E-state index >= 15 is 0 Å². The number of hydrogen-bond acceptors (Lipinski definition) is 3. The van der Waals surface area contributed by atoms with Crippen molar-refractivity contribution in [3.8, 4) is 11.5 Å². The molecule has 0 radical (unpaired) electrons. The van der Waals surface area contributed by atoms with Crippen molar-refractivity contribution >= 4 is 11.6 Å². The molecule has 0 spiro atoms. The zero-order valence-electron chi connectivity index (χ0n) is 9.52. The van der Waals surface area contributed by atoms with Crippen molar-refractivity contribution in [2.75, 3.05) is 5.32 Å². The molecule has 2 aromatic rings. The van der Waals surface area contributed by atoms with Gasteiger partial charge in [0, 0.05) is 11.6 Å². The van der Waals surface area contributed by atoms with Gasteiger partial charge in [-0.25, -0.2) is 8.78 Å². The lowest BCUT2D eigenvalue weighted by Crippen LogP contribution is -2.13. The molecular formula is C13H9F2NO3. The number of anilines is 1. The van der Waals surface area contributed by atoms with Crippen molar-refractivity contribution in [1.29, 1.82) is 0 Å². The average molecular weight is 265 g/mol. The second kappa shape index (κ2) is 4.93. The number of phenolic OH excluding ortho intramolecular Hbond substituents is 2. The molecule has 0 aliphatic rings. The Balaban J connectivity index is 2.28. The van der Waals surface area contributed by atoms with Crippen LogP contribution in [0.4, 0.5) is 14.5 Å². The topological polar surface area (TPSA) is 69.6 Å². The van der Waals surface area contributed by atoms with Crippen LogP contribution in [0.15, 0.2) is 36.4 Å². The van der Waals surface area contributed by atoms with E-state index in [4.69, 9.17) is 0 Å². The molecule has 0 atom stereocenters. The summed E-state index contributed by atoms with van der Waals surface area (Å²) in [4.78, 5) is 11.8. The Bertz CT molecular complexity index is 624. The maximum absolute atomic E-state index is 13.3. The standard InChI is InChI=1S/C13H9F2NO3/c14-10-2-1-3-11(12(10)15)16-13(19)7-4-8(17)6-9(18)5-7/h1-6,17-18H,(H,16,19). The maximum atomic E-state index is 13.3. The first-order valence-corrected chi connectivity index (χ1v) is 5.26. The van der Waals surface area contributed by atoms with E-state index in [1.165, 1.54) is 12.1 Å². The van der Waals surface area contributed by atoms with Crippen molar-refractivity contribution in [3.05, 3.63) is 53.6 Å². The normalized spacial score (nSPS) is 10.2. The molecule has 6 heteroatoms. The van der Waals surface area contributed by atoms with E-state index in [-0.39, 0.29) is 22.7 Å². The van der Waals surface area contributed by atoms with Gasteiger partial charge in [-0.2, -0.15) is 0 Å². The Morgan fingerprint density at radius 3 is 2.32 bits per heavy atom. The van der Waals surface area contributed by atoms with Gasteiger partial charge in [0.2, 0.25) is 0 Å². The monoisotopic (exact) mass is 265 g/mol. The predicted molar refractivity (Wildman–Crippen MR) is 64.1 cm³/mol. The van der Waals surface area contributed by atoms with Crippen LogP contribution in [0.25, 0.3) is 0 Å². The van der Waals surface area contributed by atoms with Crippen LogP contribution >= 0.6 is 0 Å². The van der Waals surface area contributed by atoms with Gasteiger partial charge in [-0.05, 0) is 24.3 Å². The summed E-state index contributed by atoms with van der Waals surface area (Å²) >= 11 is 0. The number of carbonyl (C=O) groups is 1. The van der Waals surface area contributed by atoms with Crippen molar-refractivity contribution in [1.82, 2.24) is 0 Å². The van der Waals surface area contributed by atoms with E-state index < -0.39 is 17.5 Å². The van der Waals surface area contributed by atoms with Crippen LogP contribution in [0.1, 0.15) is 10.4 Å². The summed E-state index contributed by atoms with van der Waals surface area (Å²) in [6, 6.07) is 6.58. The molecule has 0 unspecified atom stereocenters. The first kappa shape index (κ1) is 12.8. The Morgan fingerprint density at radius 1 is 1.05 bits per heavy atom. The highest BCUT2D eigenvalue weighted by Gasteiger charge is 2.13. The first-order valence-electron chi connectivity index (χ1n) is 5.26. The van der Waals surface area contributed by atoms with Gasteiger partial charge in [0.05, 0.1) is 5.69 Å². The van der Waals surface area contributed by atoms with Gasteiger partial charge in [-0.3, -0.25) is 4.79 Å². The molecule has 3 N–H and O–H groups in total. The third kappa shape index (κ3) is 2.79. The van der Waals surface area contributed by atoms with E-state index in [0.717, 1.165) is 24.3 Å². The Labute approximate surface area is 106 Å². The van der Waals surface area contributed by atoms with Crippen LogP contribution in [-0.4, -0.2) is 16.1 Å². The lowest BCUT2D eigenvalue weighted by atomic mass is 10.2. The maximum Gasteiger partial charge on any atom is 0.256 e. The summed E-state index contributed by atoms with van der Waals surface area (Å²) in [5, 5.41) is 20.6. The minimum Gasteiger partial charge on any atom is -0.508 e. The molecule has 0 aliphatic carbocycles. The van der Waals surface area contributed by atoms with Crippen LogP contribution < -0.4 is 5.32 Å². The predicted octanol–water partition coefficient (Wildman–Crippen LogP) is 2.63. The number of aromatic hydroxyl groups is 2. The van der Waals surface area contributed by atoms with E-state index in [1.54, 1.807) is 0 Å². The number of carbonyl (C=O) groups excluding carboxylic acids is 1. The molecule has 0 aromatic heterocycles. The summed E-state index contributed by atoms with van der Waals surface area (Å²) < 4.78 is 26.3. The van der Waals surface area contributed by atoms with E-state index in [9.17, 15) is 23.8 Å². The zero-order valence-corrected chi connectivity index (χ0v) is 9.52. The fourth-order valence-electron chi connectivity index (χ4n) is 1.52. The molecular weight excluding hydrogens is 256 g/mol. The number of phenols is 2.